The van der Waals surface area contributed by atoms with Gasteiger partial charge in [0.1, 0.15) is 5.65 Å². The Morgan fingerprint density at radius 2 is 2.03 bits per heavy atom. The minimum absolute atomic E-state index is 0.111. The first kappa shape index (κ1) is 20.3. The van der Waals surface area contributed by atoms with Gasteiger partial charge in [-0.15, -0.1) is 0 Å². The first-order chi connectivity index (χ1) is 15.5. The SMILES string of the molecule is COc1nc(NC2CCC(C(=O)N(C)C)CC2)nc2[nH]cc(-c3ccn4nccc4c3)c12. The summed E-state index contributed by atoms with van der Waals surface area (Å²) in [6.07, 6.45) is 9.22. The van der Waals surface area contributed by atoms with Crippen LogP contribution in [0.1, 0.15) is 25.7 Å². The molecule has 0 spiro atoms. The topological polar surface area (TPSA) is 100 Å². The van der Waals surface area contributed by atoms with Crippen LogP contribution in [0.4, 0.5) is 5.95 Å². The predicted octanol–water partition coefficient (Wildman–Crippen LogP) is 3.34. The van der Waals surface area contributed by atoms with Crippen molar-refractivity contribution < 1.29 is 9.53 Å². The lowest BCUT2D eigenvalue weighted by Gasteiger charge is -2.29. The summed E-state index contributed by atoms with van der Waals surface area (Å²) in [5.74, 6) is 1.39. The molecule has 0 aromatic carbocycles. The molecule has 0 saturated heterocycles. The average molecular weight is 434 g/mol. The molecule has 0 atom stereocenters. The molecule has 0 unspecified atom stereocenters. The fourth-order valence-corrected chi connectivity index (χ4v) is 4.56. The van der Waals surface area contributed by atoms with E-state index in [-0.39, 0.29) is 17.9 Å². The van der Waals surface area contributed by atoms with Crippen molar-refractivity contribution >= 4 is 28.4 Å². The highest BCUT2D eigenvalue weighted by Gasteiger charge is 2.28. The van der Waals surface area contributed by atoms with Crippen LogP contribution < -0.4 is 10.1 Å². The molecule has 1 fully saturated rings. The number of nitrogens with zero attached hydrogens (tertiary/aromatic N) is 5. The molecule has 4 aromatic rings. The van der Waals surface area contributed by atoms with Gasteiger partial charge in [0.05, 0.1) is 18.0 Å². The summed E-state index contributed by atoms with van der Waals surface area (Å²) in [5, 5.41) is 8.55. The molecular weight excluding hydrogens is 406 g/mol. The predicted molar refractivity (Wildman–Crippen MR) is 123 cm³/mol. The highest BCUT2D eigenvalue weighted by molar-refractivity contribution is 5.98. The molecule has 1 saturated carbocycles. The number of anilines is 1. The number of aromatic amines is 1. The Kier molecular flexibility index (Phi) is 5.16. The van der Waals surface area contributed by atoms with Crippen LogP contribution in [0.15, 0.2) is 36.8 Å². The van der Waals surface area contributed by atoms with Gasteiger partial charge in [0.2, 0.25) is 17.7 Å². The van der Waals surface area contributed by atoms with Crippen LogP contribution in [-0.4, -0.2) is 62.6 Å². The number of carbonyl (C=O) groups is 1. The lowest BCUT2D eigenvalue weighted by atomic mass is 9.85. The van der Waals surface area contributed by atoms with Crippen LogP contribution in [0.2, 0.25) is 0 Å². The van der Waals surface area contributed by atoms with Crippen LogP contribution in [0, 0.1) is 5.92 Å². The molecule has 9 nitrogen and oxygen atoms in total. The van der Waals surface area contributed by atoms with Gasteiger partial charge in [0, 0.05) is 50.2 Å². The van der Waals surface area contributed by atoms with Gasteiger partial charge in [-0.2, -0.15) is 15.1 Å². The van der Waals surface area contributed by atoms with E-state index in [4.69, 9.17) is 9.72 Å². The maximum atomic E-state index is 12.2. The van der Waals surface area contributed by atoms with Crippen molar-refractivity contribution in [3.63, 3.8) is 0 Å². The molecule has 32 heavy (non-hydrogen) atoms. The van der Waals surface area contributed by atoms with E-state index >= 15 is 0 Å². The van der Waals surface area contributed by atoms with Crippen LogP contribution in [-0.2, 0) is 4.79 Å². The number of ether oxygens (including phenoxy) is 1. The van der Waals surface area contributed by atoms with Gasteiger partial charge in [-0.3, -0.25) is 4.79 Å². The van der Waals surface area contributed by atoms with E-state index in [9.17, 15) is 4.79 Å². The van der Waals surface area contributed by atoms with E-state index < -0.39 is 0 Å². The van der Waals surface area contributed by atoms with E-state index in [1.807, 2.05) is 43.1 Å². The van der Waals surface area contributed by atoms with E-state index in [0.717, 1.165) is 53.4 Å². The van der Waals surface area contributed by atoms with Crippen molar-refractivity contribution in [1.29, 1.82) is 0 Å². The lowest BCUT2D eigenvalue weighted by Crippen LogP contribution is -2.35. The number of carbonyl (C=O) groups excluding carboxylic acids is 1. The number of rotatable bonds is 5. The molecule has 4 heterocycles. The van der Waals surface area contributed by atoms with Crippen LogP contribution in [0.5, 0.6) is 5.88 Å². The van der Waals surface area contributed by atoms with Gasteiger partial charge in [0.25, 0.3) is 0 Å². The van der Waals surface area contributed by atoms with Crippen LogP contribution >= 0.6 is 0 Å². The van der Waals surface area contributed by atoms with E-state index in [1.54, 1.807) is 18.2 Å². The van der Waals surface area contributed by atoms with Crippen molar-refractivity contribution in [3.05, 3.63) is 36.8 Å². The highest BCUT2D eigenvalue weighted by atomic mass is 16.5. The number of hydrogen-bond acceptors (Lipinski definition) is 6. The zero-order valence-electron chi connectivity index (χ0n) is 18.5. The van der Waals surface area contributed by atoms with Crippen LogP contribution in [0.25, 0.3) is 27.7 Å². The molecule has 1 aliphatic rings. The average Bonchev–Trinajstić information content (AvgIpc) is 3.45. The third-order valence-corrected chi connectivity index (χ3v) is 6.25. The number of pyridine rings is 1. The highest BCUT2D eigenvalue weighted by Crippen LogP contribution is 2.35. The number of H-pyrrole nitrogens is 1. The summed E-state index contributed by atoms with van der Waals surface area (Å²) in [5.41, 5.74) is 3.75. The Balaban J connectivity index is 1.39. The number of aromatic nitrogens is 5. The maximum Gasteiger partial charge on any atom is 0.228 e. The van der Waals surface area contributed by atoms with E-state index in [2.05, 4.69) is 26.4 Å². The summed E-state index contributed by atoms with van der Waals surface area (Å²) < 4.78 is 7.47. The molecule has 2 N–H and O–H groups in total. The molecular formula is C23H27N7O2. The Bertz CT molecular complexity index is 1270. The molecule has 1 aliphatic carbocycles. The second kappa shape index (κ2) is 8.14. The Morgan fingerprint density at radius 1 is 1.22 bits per heavy atom. The molecule has 166 valence electrons. The van der Waals surface area contributed by atoms with Crippen LogP contribution in [0.3, 0.4) is 0 Å². The van der Waals surface area contributed by atoms with Crippen molar-refractivity contribution in [3.8, 4) is 17.0 Å². The number of hydrogen-bond donors (Lipinski definition) is 2. The maximum absolute atomic E-state index is 12.2. The number of nitrogens with one attached hydrogen (secondary N) is 2. The summed E-state index contributed by atoms with van der Waals surface area (Å²) in [7, 11) is 5.26. The monoisotopic (exact) mass is 433 g/mol. The van der Waals surface area contributed by atoms with Gasteiger partial charge in [-0.25, -0.2) is 4.52 Å². The van der Waals surface area contributed by atoms with Gasteiger partial charge >= 0.3 is 0 Å². The molecule has 1 amide bonds. The minimum Gasteiger partial charge on any atom is -0.480 e. The van der Waals surface area contributed by atoms with Gasteiger partial charge in [-0.05, 0) is 49.4 Å². The first-order valence-electron chi connectivity index (χ1n) is 10.9. The number of fused-ring (bicyclic) bond motifs is 2. The summed E-state index contributed by atoms with van der Waals surface area (Å²) >= 11 is 0. The Morgan fingerprint density at radius 3 is 2.78 bits per heavy atom. The molecule has 5 rings (SSSR count). The number of methoxy groups -OCH3 is 1. The zero-order valence-corrected chi connectivity index (χ0v) is 18.5. The summed E-state index contributed by atoms with van der Waals surface area (Å²) in [4.78, 5) is 26.5. The second-order valence-electron chi connectivity index (χ2n) is 8.52. The molecule has 9 heteroatoms. The summed E-state index contributed by atoms with van der Waals surface area (Å²) in [6.45, 7) is 0. The lowest BCUT2D eigenvalue weighted by molar-refractivity contribution is -0.133. The molecule has 0 bridgehead atoms. The second-order valence-corrected chi connectivity index (χ2v) is 8.52. The summed E-state index contributed by atoms with van der Waals surface area (Å²) in [6, 6.07) is 6.30. The van der Waals surface area contributed by atoms with Crippen molar-refractivity contribution in [2.75, 3.05) is 26.5 Å². The fourth-order valence-electron chi connectivity index (χ4n) is 4.56. The third-order valence-electron chi connectivity index (χ3n) is 6.25. The zero-order chi connectivity index (χ0) is 22.2. The van der Waals surface area contributed by atoms with Gasteiger partial charge < -0.3 is 19.9 Å². The standard InChI is InChI=1S/C23H27N7O2/c1-29(2)22(31)14-4-6-16(7-5-14)26-23-27-20-19(21(28-23)32-3)18(13-24-20)15-9-11-30-17(12-15)8-10-25-30/h8-14,16H,4-7H2,1-3H3,(H2,24,26,27,28). The molecule has 0 aliphatic heterocycles. The van der Waals surface area contributed by atoms with E-state index in [0.29, 0.717) is 11.8 Å². The molecule has 4 aromatic heterocycles. The first-order valence-corrected chi connectivity index (χ1v) is 10.9. The quantitative estimate of drug-likeness (QED) is 0.501. The smallest absolute Gasteiger partial charge is 0.228 e. The minimum atomic E-state index is 0.111. The normalized spacial score (nSPS) is 18.7. The number of amides is 1. The fraction of sp³-hybridized carbons (Fsp3) is 0.391. The molecule has 0 radical (unpaired) electrons. The third kappa shape index (κ3) is 3.63. The largest absolute Gasteiger partial charge is 0.480 e. The van der Waals surface area contributed by atoms with Crippen molar-refractivity contribution in [2.24, 2.45) is 5.92 Å². The van der Waals surface area contributed by atoms with E-state index in [1.165, 1.54) is 0 Å². The van der Waals surface area contributed by atoms with Crippen molar-refractivity contribution in [1.82, 2.24) is 29.5 Å². The Labute approximate surface area is 185 Å². The van der Waals surface area contributed by atoms with Crippen molar-refractivity contribution in [2.45, 2.75) is 31.7 Å². The Hall–Kier alpha value is -3.62. The van der Waals surface area contributed by atoms with Gasteiger partial charge in [0.15, 0.2) is 0 Å². The van der Waals surface area contributed by atoms with Gasteiger partial charge in [-0.1, -0.05) is 0 Å².